The molecule has 1 amide bonds. The number of para-hydroxylation sites is 1. The Hall–Kier alpha value is -2.82. The van der Waals surface area contributed by atoms with Gasteiger partial charge in [-0.3, -0.25) is 4.79 Å². The van der Waals surface area contributed by atoms with Crippen molar-refractivity contribution in [1.29, 1.82) is 0 Å². The van der Waals surface area contributed by atoms with Crippen molar-refractivity contribution in [3.8, 4) is 0 Å². The molecule has 1 fully saturated rings. The summed E-state index contributed by atoms with van der Waals surface area (Å²) in [6, 6.07) is 28.1. The molecule has 154 valence electrons. The molecule has 30 heavy (non-hydrogen) atoms. The second kappa shape index (κ2) is 9.79. The standard InChI is InChI=1S/C25H26ClN3O/c26-22-13-7-8-14-23(22)29-17-15-28(16-18-29)19-24(30)27-25(20-9-3-1-4-10-20)21-11-5-2-6-12-21/h1-14,25H,15-19H2,(H,27,30)/p+1. The molecule has 0 saturated carbocycles. The van der Waals surface area contributed by atoms with Gasteiger partial charge in [0.15, 0.2) is 6.54 Å². The fourth-order valence-electron chi connectivity index (χ4n) is 4.04. The summed E-state index contributed by atoms with van der Waals surface area (Å²) in [6.45, 7) is 4.10. The van der Waals surface area contributed by atoms with Gasteiger partial charge >= 0.3 is 0 Å². The van der Waals surface area contributed by atoms with Crippen molar-refractivity contribution < 1.29 is 9.69 Å². The van der Waals surface area contributed by atoms with Gasteiger partial charge in [0.25, 0.3) is 5.91 Å². The van der Waals surface area contributed by atoms with E-state index in [1.165, 1.54) is 4.90 Å². The van der Waals surface area contributed by atoms with Crippen LogP contribution in [0.15, 0.2) is 84.9 Å². The number of benzene rings is 3. The maximum atomic E-state index is 12.9. The summed E-state index contributed by atoms with van der Waals surface area (Å²) in [5.74, 6) is 0.0777. The zero-order valence-corrected chi connectivity index (χ0v) is 17.7. The lowest BCUT2D eigenvalue weighted by atomic mass is 9.99. The summed E-state index contributed by atoms with van der Waals surface area (Å²) < 4.78 is 0. The third-order valence-corrected chi connectivity index (χ3v) is 5.96. The molecule has 0 spiro atoms. The average molecular weight is 421 g/mol. The number of carbonyl (C=O) groups excluding carboxylic acids is 1. The summed E-state index contributed by atoms with van der Waals surface area (Å²) in [6.07, 6.45) is 0. The van der Waals surface area contributed by atoms with E-state index in [4.69, 9.17) is 11.6 Å². The smallest absolute Gasteiger partial charge is 0.275 e. The van der Waals surface area contributed by atoms with Crippen molar-refractivity contribution >= 4 is 23.2 Å². The van der Waals surface area contributed by atoms with Crippen LogP contribution >= 0.6 is 11.6 Å². The van der Waals surface area contributed by atoms with Gasteiger partial charge in [0.2, 0.25) is 0 Å². The molecule has 1 aliphatic rings. The van der Waals surface area contributed by atoms with Gasteiger partial charge in [-0.25, -0.2) is 0 Å². The molecule has 3 aromatic carbocycles. The van der Waals surface area contributed by atoms with Crippen LogP contribution < -0.4 is 15.1 Å². The first-order valence-corrected chi connectivity index (χ1v) is 10.8. The van der Waals surface area contributed by atoms with Crippen molar-refractivity contribution in [2.75, 3.05) is 37.6 Å². The van der Waals surface area contributed by atoms with E-state index in [9.17, 15) is 4.79 Å². The molecule has 3 aromatic rings. The number of amides is 1. The van der Waals surface area contributed by atoms with Crippen LogP contribution in [0.2, 0.25) is 5.02 Å². The molecule has 0 bridgehead atoms. The number of hydrogen-bond donors (Lipinski definition) is 2. The van der Waals surface area contributed by atoms with Crippen molar-refractivity contribution in [1.82, 2.24) is 5.32 Å². The molecule has 1 aliphatic heterocycles. The summed E-state index contributed by atoms with van der Waals surface area (Å²) in [4.78, 5) is 16.5. The van der Waals surface area contributed by atoms with E-state index in [1.807, 2.05) is 54.6 Å². The fraction of sp³-hybridized carbons (Fsp3) is 0.240. The van der Waals surface area contributed by atoms with Gasteiger partial charge < -0.3 is 15.1 Å². The Morgan fingerprint density at radius 1 is 0.867 bits per heavy atom. The van der Waals surface area contributed by atoms with Gasteiger partial charge in [-0.2, -0.15) is 0 Å². The molecule has 2 N–H and O–H groups in total. The Bertz CT molecular complexity index is 917. The summed E-state index contributed by atoms with van der Waals surface area (Å²) in [7, 11) is 0. The Morgan fingerprint density at radius 2 is 1.40 bits per heavy atom. The van der Waals surface area contributed by atoms with E-state index in [0.29, 0.717) is 6.54 Å². The minimum atomic E-state index is -0.135. The lowest BCUT2D eigenvalue weighted by Gasteiger charge is -2.34. The van der Waals surface area contributed by atoms with Crippen LogP contribution in [0.25, 0.3) is 0 Å². The Kier molecular flexibility index (Phi) is 6.67. The van der Waals surface area contributed by atoms with E-state index in [-0.39, 0.29) is 11.9 Å². The van der Waals surface area contributed by atoms with Crippen LogP contribution in [-0.4, -0.2) is 38.6 Å². The number of rotatable bonds is 6. The molecule has 1 heterocycles. The number of quaternary nitrogens is 1. The predicted molar refractivity (Wildman–Crippen MR) is 122 cm³/mol. The largest absolute Gasteiger partial charge is 0.359 e. The normalized spacial score (nSPS) is 14.7. The van der Waals surface area contributed by atoms with E-state index in [1.54, 1.807) is 0 Å². The van der Waals surface area contributed by atoms with Crippen LogP contribution in [0.3, 0.4) is 0 Å². The van der Waals surface area contributed by atoms with Crippen molar-refractivity contribution in [2.45, 2.75) is 6.04 Å². The van der Waals surface area contributed by atoms with Crippen LogP contribution in [0.4, 0.5) is 5.69 Å². The number of piperazine rings is 1. The van der Waals surface area contributed by atoms with Gasteiger partial charge in [-0.1, -0.05) is 84.4 Å². The molecule has 0 aromatic heterocycles. The Morgan fingerprint density at radius 3 is 1.97 bits per heavy atom. The number of nitrogens with zero attached hydrogens (tertiary/aromatic N) is 1. The summed E-state index contributed by atoms with van der Waals surface area (Å²) in [5.41, 5.74) is 3.27. The molecule has 4 nitrogen and oxygen atoms in total. The van der Waals surface area contributed by atoms with Gasteiger partial charge in [-0.15, -0.1) is 0 Å². The number of halogens is 1. The average Bonchev–Trinajstić information content (AvgIpc) is 2.80. The first-order valence-electron chi connectivity index (χ1n) is 10.4. The maximum absolute atomic E-state index is 12.9. The maximum Gasteiger partial charge on any atom is 0.275 e. The highest BCUT2D eigenvalue weighted by molar-refractivity contribution is 6.33. The number of anilines is 1. The summed E-state index contributed by atoms with van der Waals surface area (Å²) in [5, 5.41) is 4.04. The predicted octanol–water partition coefficient (Wildman–Crippen LogP) is 2.95. The van der Waals surface area contributed by atoms with Crippen LogP contribution in [-0.2, 0) is 4.79 Å². The third kappa shape index (κ3) is 5.02. The van der Waals surface area contributed by atoms with E-state index in [2.05, 4.69) is 40.5 Å². The zero-order valence-electron chi connectivity index (χ0n) is 16.9. The molecule has 4 rings (SSSR count). The van der Waals surface area contributed by atoms with Crippen LogP contribution in [0.1, 0.15) is 17.2 Å². The quantitative estimate of drug-likeness (QED) is 0.643. The molecule has 0 aliphatic carbocycles. The van der Waals surface area contributed by atoms with Crippen LogP contribution in [0, 0.1) is 0 Å². The lowest BCUT2D eigenvalue weighted by molar-refractivity contribution is -0.892. The van der Waals surface area contributed by atoms with E-state index < -0.39 is 0 Å². The molecule has 5 heteroatoms. The van der Waals surface area contributed by atoms with E-state index in [0.717, 1.165) is 48.0 Å². The SMILES string of the molecule is O=C(C[NH+]1CCN(c2ccccc2Cl)CC1)NC(c1ccccc1)c1ccccc1. The van der Waals surface area contributed by atoms with Crippen LogP contribution in [0.5, 0.6) is 0 Å². The first kappa shape index (κ1) is 20.5. The first-order chi connectivity index (χ1) is 14.7. The van der Waals surface area contributed by atoms with Gasteiger partial charge in [-0.05, 0) is 23.3 Å². The number of hydrogen-bond acceptors (Lipinski definition) is 2. The zero-order chi connectivity index (χ0) is 20.8. The number of nitrogens with one attached hydrogen (secondary N) is 2. The topological polar surface area (TPSA) is 36.8 Å². The Balaban J connectivity index is 1.37. The van der Waals surface area contributed by atoms with Gasteiger partial charge in [0.1, 0.15) is 0 Å². The molecular weight excluding hydrogens is 394 g/mol. The molecule has 0 atom stereocenters. The van der Waals surface area contributed by atoms with Crippen molar-refractivity contribution in [2.24, 2.45) is 0 Å². The molecule has 1 saturated heterocycles. The van der Waals surface area contributed by atoms with Crippen molar-refractivity contribution in [3.63, 3.8) is 0 Å². The van der Waals surface area contributed by atoms with Gasteiger partial charge in [0, 0.05) is 0 Å². The second-order valence-corrected chi connectivity index (χ2v) is 8.09. The monoisotopic (exact) mass is 420 g/mol. The minimum Gasteiger partial charge on any atom is -0.359 e. The number of carbonyl (C=O) groups is 1. The summed E-state index contributed by atoms with van der Waals surface area (Å²) >= 11 is 6.34. The highest BCUT2D eigenvalue weighted by atomic mass is 35.5. The highest BCUT2D eigenvalue weighted by Gasteiger charge is 2.25. The second-order valence-electron chi connectivity index (χ2n) is 7.69. The van der Waals surface area contributed by atoms with Crippen molar-refractivity contribution in [3.05, 3.63) is 101 Å². The van der Waals surface area contributed by atoms with E-state index >= 15 is 0 Å². The molecule has 0 unspecified atom stereocenters. The third-order valence-electron chi connectivity index (χ3n) is 5.65. The van der Waals surface area contributed by atoms with Gasteiger partial charge in [0.05, 0.1) is 42.9 Å². The minimum absolute atomic E-state index is 0.0777. The highest BCUT2D eigenvalue weighted by Crippen LogP contribution is 2.25. The fourth-order valence-corrected chi connectivity index (χ4v) is 4.29. The molecular formula is C25H27ClN3O+. The lowest BCUT2D eigenvalue weighted by Crippen LogP contribution is -3.16. The molecule has 0 radical (unpaired) electrons. The Labute approximate surface area is 183 Å².